The number of allylic oxidation sites excluding steroid dienone is 1. The largest absolute Gasteiger partial charge is 0.493 e. The number of hydrogen-bond acceptors (Lipinski definition) is 4. The zero-order chi connectivity index (χ0) is 17.1. The lowest BCUT2D eigenvalue weighted by atomic mass is 9.95. The van der Waals surface area contributed by atoms with Crippen molar-refractivity contribution in [3.05, 3.63) is 65.0 Å². The number of nitrogens with one attached hydrogen (secondary N) is 1. The van der Waals surface area contributed by atoms with Crippen molar-refractivity contribution >= 4 is 11.5 Å². The first-order chi connectivity index (χ1) is 11.6. The Morgan fingerprint density at radius 1 is 1.17 bits per heavy atom. The summed E-state index contributed by atoms with van der Waals surface area (Å²) < 4.78 is 24.5. The van der Waals surface area contributed by atoms with Gasteiger partial charge in [0.1, 0.15) is 5.82 Å². The molecule has 1 aliphatic heterocycles. The summed E-state index contributed by atoms with van der Waals surface area (Å²) in [5, 5.41) is 3.21. The molecule has 0 fully saturated rings. The summed E-state index contributed by atoms with van der Waals surface area (Å²) in [4.78, 5) is 12.4. The third-order valence-corrected chi connectivity index (χ3v) is 4.02. The molecular formula is C19H18FNO3. The number of halogens is 1. The van der Waals surface area contributed by atoms with Crippen LogP contribution < -0.4 is 14.8 Å². The van der Waals surface area contributed by atoms with Gasteiger partial charge in [0.25, 0.3) is 0 Å². The van der Waals surface area contributed by atoms with Crippen LogP contribution in [-0.4, -0.2) is 26.5 Å². The van der Waals surface area contributed by atoms with Crippen molar-refractivity contribution in [2.45, 2.75) is 6.42 Å². The van der Waals surface area contributed by atoms with Crippen molar-refractivity contribution < 1.29 is 18.7 Å². The summed E-state index contributed by atoms with van der Waals surface area (Å²) in [5.41, 5.74) is 2.63. The molecule has 5 heteroatoms. The van der Waals surface area contributed by atoms with Crippen LogP contribution in [-0.2, 0) is 6.42 Å². The van der Waals surface area contributed by atoms with Gasteiger partial charge in [0.05, 0.1) is 19.8 Å². The summed E-state index contributed by atoms with van der Waals surface area (Å²) >= 11 is 0. The Hall–Kier alpha value is -2.82. The van der Waals surface area contributed by atoms with Crippen LogP contribution in [0.2, 0.25) is 0 Å². The van der Waals surface area contributed by atoms with Crippen molar-refractivity contribution in [3.8, 4) is 11.5 Å². The molecule has 2 aromatic carbocycles. The van der Waals surface area contributed by atoms with E-state index in [0.717, 1.165) is 17.5 Å². The lowest BCUT2D eigenvalue weighted by molar-refractivity contribution is 0.104. The van der Waals surface area contributed by atoms with Gasteiger partial charge in [-0.2, -0.15) is 0 Å². The van der Waals surface area contributed by atoms with E-state index in [1.807, 2.05) is 12.1 Å². The molecule has 1 aliphatic rings. The third kappa shape index (κ3) is 2.97. The van der Waals surface area contributed by atoms with Crippen LogP contribution in [0.5, 0.6) is 11.5 Å². The Morgan fingerprint density at radius 2 is 1.88 bits per heavy atom. The van der Waals surface area contributed by atoms with Crippen molar-refractivity contribution in [2.75, 3.05) is 20.8 Å². The van der Waals surface area contributed by atoms with E-state index >= 15 is 0 Å². The number of carbonyl (C=O) groups is 1. The smallest absolute Gasteiger partial charge is 0.190 e. The molecule has 0 unspecified atom stereocenters. The molecule has 4 nitrogen and oxygen atoms in total. The summed E-state index contributed by atoms with van der Waals surface area (Å²) in [7, 11) is 3.15. The van der Waals surface area contributed by atoms with Gasteiger partial charge in [0.15, 0.2) is 17.3 Å². The van der Waals surface area contributed by atoms with E-state index in [-0.39, 0.29) is 11.3 Å². The van der Waals surface area contributed by atoms with E-state index in [1.54, 1.807) is 26.4 Å². The quantitative estimate of drug-likeness (QED) is 0.692. The summed E-state index contributed by atoms with van der Waals surface area (Å²) in [5.74, 6) is 0.336. The highest BCUT2D eigenvalue weighted by Gasteiger charge is 2.19. The van der Waals surface area contributed by atoms with Crippen LogP contribution >= 0.6 is 0 Å². The molecule has 0 aliphatic carbocycles. The number of carbonyl (C=O) groups excluding carboxylic acids is 1. The summed E-state index contributed by atoms with van der Waals surface area (Å²) in [6.07, 6.45) is 2.24. The maximum atomic E-state index is 13.8. The molecule has 0 atom stereocenters. The zero-order valence-electron chi connectivity index (χ0n) is 13.6. The molecule has 24 heavy (non-hydrogen) atoms. The fourth-order valence-electron chi connectivity index (χ4n) is 2.80. The van der Waals surface area contributed by atoms with Gasteiger partial charge in [-0.05, 0) is 36.2 Å². The van der Waals surface area contributed by atoms with Crippen LogP contribution in [0.3, 0.4) is 0 Å². The van der Waals surface area contributed by atoms with Crippen LogP contribution in [0.1, 0.15) is 21.5 Å². The molecule has 0 aromatic heterocycles. The monoisotopic (exact) mass is 327 g/mol. The van der Waals surface area contributed by atoms with Gasteiger partial charge < -0.3 is 14.8 Å². The standard InChI is InChI=1S/C19H18FNO3/c1-23-18-9-12-7-8-21-16(14(12)10-19(18)24-2)11-17(22)13-5-3-4-6-15(13)20/h3-6,9-11,21H,7-8H2,1-2H3/b16-11-. The van der Waals surface area contributed by atoms with Gasteiger partial charge in [-0.15, -0.1) is 0 Å². The SMILES string of the molecule is COc1cc2c(cc1OC)/C(=C/C(=O)c1ccccc1F)NCC2. The molecule has 2 aromatic rings. The molecule has 1 heterocycles. The molecule has 124 valence electrons. The number of methoxy groups -OCH3 is 2. The molecule has 3 rings (SSSR count). The fraction of sp³-hybridized carbons (Fsp3) is 0.211. The molecule has 0 radical (unpaired) electrons. The summed E-state index contributed by atoms with van der Waals surface area (Å²) in [6.45, 7) is 0.693. The number of hydrogen-bond donors (Lipinski definition) is 1. The highest BCUT2D eigenvalue weighted by atomic mass is 19.1. The molecule has 0 bridgehead atoms. The Bertz CT molecular complexity index is 814. The van der Waals surface area contributed by atoms with Crippen LogP contribution in [0.15, 0.2) is 42.5 Å². The van der Waals surface area contributed by atoms with Gasteiger partial charge in [0.2, 0.25) is 0 Å². The molecule has 1 N–H and O–H groups in total. The lowest BCUT2D eigenvalue weighted by Gasteiger charge is -2.23. The van der Waals surface area contributed by atoms with E-state index in [2.05, 4.69) is 5.32 Å². The predicted molar refractivity (Wildman–Crippen MR) is 90.0 cm³/mol. The van der Waals surface area contributed by atoms with Gasteiger partial charge in [-0.1, -0.05) is 12.1 Å². The molecule has 0 amide bonds. The topological polar surface area (TPSA) is 47.6 Å². The van der Waals surface area contributed by atoms with E-state index in [9.17, 15) is 9.18 Å². The van der Waals surface area contributed by atoms with Crippen LogP contribution in [0.4, 0.5) is 4.39 Å². The average molecular weight is 327 g/mol. The van der Waals surface area contributed by atoms with Crippen molar-refractivity contribution in [1.82, 2.24) is 5.32 Å². The van der Waals surface area contributed by atoms with Gasteiger partial charge in [-0.25, -0.2) is 4.39 Å². The second-order valence-electron chi connectivity index (χ2n) is 5.44. The Morgan fingerprint density at radius 3 is 2.58 bits per heavy atom. The van der Waals surface area contributed by atoms with Gasteiger partial charge >= 0.3 is 0 Å². The highest BCUT2D eigenvalue weighted by molar-refractivity contribution is 6.08. The average Bonchev–Trinajstić information content (AvgIpc) is 2.61. The minimum absolute atomic E-state index is 0.0550. The first-order valence-electron chi connectivity index (χ1n) is 7.63. The number of rotatable bonds is 4. The minimum Gasteiger partial charge on any atom is -0.493 e. The number of ketones is 1. The second-order valence-corrected chi connectivity index (χ2v) is 5.44. The van der Waals surface area contributed by atoms with E-state index in [0.29, 0.717) is 23.7 Å². The Kier molecular flexibility index (Phi) is 4.51. The lowest BCUT2D eigenvalue weighted by Crippen LogP contribution is -2.23. The number of benzene rings is 2. The highest BCUT2D eigenvalue weighted by Crippen LogP contribution is 2.34. The number of fused-ring (bicyclic) bond motifs is 1. The molecule has 0 saturated heterocycles. The van der Waals surface area contributed by atoms with Crippen molar-refractivity contribution in [3.63, 3.8) is 0 Å². The maximum absolute atomic E-state index is 13.8. The Balaban J connectivity index is 2.03. The van der Waals surface area contributed by atoms with Crippen LogP contribution in [0.25, 0.3) is 5.70 Å². The maximum Gasteiger partial charge on any atom is 0.190 e. The minimum atomic E-state index is -0.525. The first kappa shape index (κ1) is 16.1. The molecule has 0 saturated carbocycles. The molecule has 0 spiro atoms. The second kappa shape index (κ2) is 6.74. The van der Waals surface area contributed by atoms with E-state index in [4.69, 9.17) is 9.47 Å². The van der Waals surface area contributed by atoms with Gasteiger partial charge in [0, 0.05) is 23.9 Å². The van der Waals surface area contributed by atoms with Crippen molar-refractivity contribution in [2.24, 2.45) is 0 Å². The third-order valence-electron chi connectivity index (χ3n) is 4.02. The predicted octanol–water partition coefficient (Wildman–Crippen LogP) is 3.21. The fourth-order valence-corrected chi connectivity index (χ4v) is 2.80. The first-order valence-corrected chi connectivity index (χ1v) is 7.63. The van der Waals surface area contributed by atoms with Crippen molar-refractivity contribution in [1.29, 1.82) is 0 Å². The van der Waals surface area contributed by atoms with E-state index < -0.39 is 5.82 Å². The van der Waals surface area contributed by atoms with Gasteiger partial charge in [-0.3, -0.25) is 4.79 Å². The number of ether oxygens (including phenoxy) is 2. The molecular weight excluding hydrogens is 309 g/mol. The Labute approximate surface area is 139 Å². The summed E-state index contributed by atoms with van der Waals surface area (Å²) in [6, 6.07) is 9.71. The van der Waals surface area contributed by atoms with E-state index in [1.165, 1.54) is 18.2 Å². The zero-order valence-corrected chi connectivity index (χ0v) is 13.6. The normalized spacial score (nSPS) is 14.7. The van der Waals surface area contributed by atoms with Crippen LogP contribution in [0, 0.1) is 5.82 Å².